The van der Waals surface area contributed by atoms with Gasteiger partial charge in [0.05, 0.1) is 32.0 Å². The number of carbonyl (C=O) groups is 1. The second-order valence-electron chi connectivity index (χ2n) is 15.0. The van der Waals surface area contributed by atoms with Crippen molar-refractivity contribution in [3.63, 3.8) is 0 Å². The highest BCUT2D eigenvalue weighted by molar-refractivity contribution is 7.99. The Balaban J connectivity index is 1.16. The van der Waals surface area contributed by atoms with Crippen LogP contribution in [0.5, 0.6) is 0 Å². The smallest absolute Gasteiger partial charge is 0.321 e. The molecular weight excluding hydrogens is 679 g/mol. The highest BCUT2D eigenvalue weighted by atomic mass is 32.2. The Kier molecular flexibility index (Phi) is 13.9. The second-order valence-corrected chi connectivity index (χ2v) is 16.0. The summed E-state index contributed by atoms with van der Waals surface area (Å²) in [6.45, 7) is 6.08. The molecule has 4 aromatic carbocycles. The monoisotopic (exact) mass is 735 g/mol. The van der Waals surface area contributed by atoms with E-state index in [-0.39, 0.29) is 29.6 Å². The van der Waals surface area contributed by atoms with Crippen molar-refractivity contribution < 1.29 is 19.0 Å². The minimum atomic E-state index is -0.517. The van der Waals surface area contributed by atoms with Gasteiger partial charge in [-0.3, -0.25) is 0 Å². The van der Waals surface area contributed by atoms with Gasteiger partial charge in [0.1, 0.15) is 6.23 Å². The summed E-state index contributed by atoms with van der Waals surface area (Å²) >= 11 is 2.02. The molecule has 2 unspecified atom stereocenters. The summed E-state index contributed by atoms with van der Waals surface area (Å²) in [6, 6.07) is 35.4. The minimum absolute atomic E-state index is 0.0883. The molecule has 0 radical (unpaired) electrons. The zero-order valence-electron chi connectivity index (χ0n) is 31.9. The number of nitrogens with zero attached hydrogens (tertiary/aromatic N) is 1. The number of hydrogen-bond acceptors (Lipinski definition) is 6. The van der Waals surface area contributed by atoms with Gasteiger partial charge in [-0.25, -0.2) is 4.79 Å². The maximum Gasteiger partial charge on any atom is 0.321 e. The molecule has 8 heteroatoms. The molecule has 2 aliphatic heterocycles. The van der Waals surface area contributed by atoms with Gasteiger partial charge < -0.3 is 29.7 Å². The zero-order valence-corrected chi connectivity index (χ0v) is 32.7. The highest BCUT2D eigenvalue weighted by Gasteiger charge is 2.37. The molecule has 6 rings (SSSR count). The average molecular weight is 736 g/mol. The predicted molar refractivity (Wildman–Crippen MR) is 218 cm³/mol. The number of urea groups is 1. The van der Waals surface area contributed by atoms with E-state index in [1.807, 2.05) is 54.2 Å². The normalized spacial score (nSPS) is 22.7. The van der Waals surface area contributed by atoms with Crippen LogP contribution in [0.2, 0.25) is 0 Å². The Morgan fingerprint density at radius 2 is 1.66 bits per heavy atom. The van der Waals surface area contributed by atoms with Crippen LogP contribution in [0.25, 0.3) is 0 Å². The lowest BCUT2D eigenvalue weighted by Crippen LogP contribution is -2.49. The van der Waals surface area contributed by atoms with Crippen LogP contribution in [-0.4, -0.2) is 50.9 Å². The molecule has 53 heavy (non-hydrogen) atoms. The molecule has 5 atom stereocenters. The Bertz CT molecular complexity index is 1740. The van der Waals surface area contributed by atoms with Crippen LogP contribution in [0.3, 0.4) is 0 Å². The topological polar surface area (TPSA) is 72.1 Å². The molecule has 0 aromatic heterocycles. The van der Waals surface area contributed by atoms with Gasteiger partial charge in [0.25, 0.3) is 0 Å². The number of rotatable bonds is 15. The Morgan fingerprint density at radius 1 is 0.906 bits per heavy atom. The molecule has 1 fully saturated rings. The zero-order chi connectivity index (χ0) is 37.0. The van der Waals surface area contributed by atoms with Crippen molar-refractivity contribution in [3.05, 3.63) is 125 Å². The van der Waals surface area contributed by atoms with Crippen molar-refractivity contribution in [3.8, 4) is 0 Å². The van der Waals surface area contributed by atoms with Crippen molar-refractivity contribution in [2.45, 2.75) is 101 Å². The van der Waals surface area contributed by atoms with Crippen molar-refractivity contribution in [2.75, 3.05) is 36.7 Å². The van der Waals surface area contributed by atoms with E-state index in [2.05, 4.69) is 104 Å². The van der Waals surface area contributed by atoms with Gasteiger partial charge in [-0.05, 0) is 77.3 Å². The molecule has 0 aliphatic carbocycles. The lowest BCUT2D eigenvalue weighted by atomic mass is 9.71. The van der Waals surface area contributed by atoms with Crippen LogP contribution in [0, 0.1) is 5.41 Å². The third-order valence-corrected chi connectivity index (χ3v) is 12.2. The summed E-state index contributed by atoms with van der Waals surface area (Å²) in [5, 5.41) is 6.25. The molecule has 282 valence electrons. The Labute approximate surface area is 321 Å². The van der Waals surface area contributed by atoms with Gasteiger partial charge in [0.2, 0.25) is 0 Å². The predicted octanol–water partition coefficient (Wildman–Crippen LogP) is 10.4. The first kappa shape index (κ1) is 38.9. The standard InChI is InChI=1S/C45H57N3O4S/c1-5-7-23-45(6-2)28-41(40-25-37(48(3)4)21-22-42(40)53-32-45)35-19-14-20-36(24-35)46-44(49)47-43-27-38(51-30-34-17-12-9-13-18-34)26-39(52-43)31-50-29-33-15-10-8-11-16-33/h8-22,24-25,38-39,41,43H,5-7,23,26-32H2,1-4H3,(H2,46,47,49)/t38?,39?,41-,43-,45+/m1/s1. The summed E-state index contributed by atoms with van der Waals surface area (Å²) in [4.78, 5) is 17.2. The van der Waals surface area contributed by atoms with Gasteiger partial charge in [0.15, 0.2) is 0 Å². The second kappa shape index (κ2) is 19.0. The Hall–Kier alpha value is -3.82. The third kappa shape index (κ3) is 10.9. The maximum atomic E-state index is 13.6. The van der Waals surface area contributed by atoms with Gasteiger partial charge in [0, 0.05) is 54.9 Å². The number of thioether (sulfide) groups is 1. The molecule has 0 bridgehead atoms. The van der Waals surface area contributed by atoms with Crippen LogP contribution in [0.4, 0.5) is 16.2 Å². The molecule has 4 aromatic rings. The lowest BCUT2D eigenvalue weighted by molar-refractivity contribution is -0.144. The molecule has 2 aliphatic rings. The molecule has 1 saturated heterocycles. The van der Waals surface area contributed by atoms with E-state index in [0.29, 0.717) is 32.7 Å². The van der Waals surface area contributed by atoms with Gasteiger partial charge in [-0.2, -0.15) is 0 Å². The molecule has 7 nitrogen and oxygen atoms in total. The van der Waals surface area contributed by atoms with E-state index in [9.17, 15) is 4.79 Å². The fraction of sp³-hybridized carbons (Fsp3) is 0.444. The van der Waals surface area contributed by atoms with Gasteiger partial charge in [-0.1, -0.05) is 99.5 Å². The van der Waals surface area contributed by atoms with E-state index in [1.54, 1.807) is 0 Å². The number of carbonyl (C=O) groups excluding carboxylic acids is 1. The van der Waals surface area contributed by atoms with Crippen LogP contribution in [0.15, 0.2) is 108 Å². The van der Waals surface area contributed by atoms with Crippen molar-refractivity contribution in [1.82, 2.24) is 5.32 Å². The number of ether oxygens (including phenoxy) is 3. The number of unbranched alkanes of at least 4 members (excludes halogenated alkanes) is 1. The van der Waals surface area contributed by atoms with E-state index >= 15 is 0 Å². The van der Waals surface area contributed by atoms with Crippen molar-refractivity contribution in [2.24, 2.45) is 5.41 Å². The Morgan fingerprint density at radius 3 is 2.38 bits per heavy atom. The average Bonchev–Trinajstić information content (AvgIpc) is 3.34. The number of fused-ring (bicyclic) bond motifs is 1. The molecule has 0 spiro atoms. The summed E-state index contributed by atoms with van der Waals surface area (Å²) in [7, 11) is 4.21. The van der Waals surface area contributed by atoms with Gasteiger partial charge >= 0.3 is 6.03 Å². The van der Waals surface area contributed by atoms with E-state index < -0.39 is 6.23 Å². The summed E-state index contributed by atoms with van der Waals surface area (Å²) in [5.41, 5.74) is 7.08. The van der Waals surface area contributed by atoms with E-state index in [4.69, 9.17) is 14.2 Å². The summed E-state index contributed by atoms with van der Waals surface area (Å²) < 4.78 is 18.9. The van der Waals surface area contributed by atoms with Gasteiger partial charge in [-0.15, -0.1) is 11.8 Å². The van der Waals surface area contributed by atoms with Crippen molar-refractivity contribution >= 4 is 29.2 Å². The van der Waals surface area contributed by atoms with E-state index in [0.717, 1.165) is 35.4 Å². The molecule has 2 heterocycles. The maximum absolute atomic E-state index is 13.6. The third-order valence-electron chi connectivity index (χ3n) is 10.8. The lowest BCUT2D eigenvalue weighted by Gasteiger charge is -2.35. The van der Waals surface area contributed by atoms with Crippen LogP contribution in [-0.2, 0) is 27.4 Å². The fourth-order valence-corrected chi connectivity index (χ4v) is 9.08. The highest BCUT2D eigenvalue weighted by Crippen LogP contribution is 2.51. The summed E-state index contributed by atoms with van der Waals surface area (Å²) in [5.74, 6) is 1.35. The number of amides is 2. The molecule has 2 amide bonds. The minimum Gasteiger partial charge on any atom is -0.378 e. The molecule has 0 saturated carbocycles. The largest absolute Gasteiger partial charge is 0.378 e. The summed E-state index contributed by atoms with van der Waals surface area (Å²) in [6.07, 6.45) is 6.34. The number of anilines is 2. The first-order valence-corrected chi connectivity index (χ1v) is 20.4. The number of nitrogens with one attached hydrogen (secondary N) is 2. The van der Waals surface area contributed by atoms with Crippen LogP contribution >= 0.6 is 11.8 Å². The number of hydrogen-bond donors (Lipinski definition) is 2. The van der Waals surface area contributed by atoms with E-state index in [1.165, 1.54) is 41.0 Å². The molecular formula is C45H57N3O4S. The quantitative estimate of drug-likeness (QED) is 0.127. The fourth-order valence-electron chi connectivity index (χ4n) is 7.62. The molecule has 2 N–H and O–H groups in total. The van der Waals surface area contributed by atoms with Crippen LogP contribution in [0.1, 0.15) is 87.0 Å². The first-order valence-electron chi connectivity index (χ1n) is 19.4. The first-order chi connectivity index (χ1) is 25.8. The SMILES string of the molecule is CCCC[C@]1(CC)CSc2ccc(N(C)C)cc2[C@@H](c2cccc(NC(=O)N[C@H]3CC(OCc4ccccc4)CC(COCc4ccccc4)O3)c2)C1. The number of benzene rings is 4. The van der Waals surface area contributed by atoms with Crippen molar-refractivity contribution in [1.29, 1.82) is 0 Å². The van der Waals surface area contributed by atoms with Crippen LogP contribution < -0.4 is 15.5 Å².